The van der Waals surface area contributed by atoms with Crippen LogP contribution in [0.5, 0.6) is 0 Å². The van der Waals surface area contributed by atoms with Crippen LogP contribution in [0.1, 0.15) is 542 Å². The second-order valence-corrected chi connectivity index (χ2v) is 46.5. The van der Waals surface area contributed by atoms with Crippen LogP contribution in [0, 0.1) is 0 Å². The maximum Gasteiger partial charge on any atom is 0.0556 e. The van der Waals surface area contributed by atoms with Crippen LogP contribution in [-0.4, -0.2) is 59.8 Å². The first-order valence-corrected chi connectivity index (χ1v) is 60.8. The van der Waals surface area contributed by atoms with E-state index < -0.39 is 64.8 Å². The van der Waals surface area contributed by atoms with E-state index in [0.717, 1.165) is 148 Å². The van der Waals surface area contributed by atoms with Crippen LogP contribution in [0.15, 0.2) is 65.8 Å². The Labute approximate surface area is 759 Å². The van der Waals surface area contributed by atoms with E-state index in [9.17, 15) is 0 Å². The summed E-state index contributed by atoms with van der Waals surface area (Å²) in [4.78, 5) is 3.84. The van der Waals surface area contributed by atoms with Crippen molar-refractivity contribution in [2.45, 2.75) is 572 Å². The predicted molar refractivity (Wildman–Crippen MR) is 541 cm³/mol. The summed E-state index contributed by atoms with van der Waals surface area (Å²) < 4.78 is 93.4. The monoisotopic (exact) mass is 1780 g/mol. The van der Waals surface area contributed by atoms with Crippen molar-refractivity contribution in [3.8, 4) is 0 Å². The summed E-state index contributed by atoms with van der Waals surface area (Å²) in [7, 11) is -8.78. The molecule has 0 heterocycles. The van der Waals surface area contributed by atoms with Gasteiger partial charge in [0.15, 0.2) is 0 Å². The Kier molecular flexibility index (Phi) is 72.6. The van der Waals surface area contributed by atoms with Gasteiger partial charge in [-0.1, -0.05) is 504 Å². The lowest BCUT2D eigenvalue weighted by molar-refractivity contribution is 0.542. The van der Waals surface area contributed by atoms with E-state index in [0.29, 0.717) is 63.9 Å². The Hall–Kier alpha value is -1.44. The van der Waals surface area contributed by atoms with Gasteiger partial charge in [0.05, 0.1) is 94.2 Å². The van der Waals surface area contributed by atoms with Gasteiger partial charge in [-0.05, 0) is 107 Å². The highest BCUT2D eigenvalue weighted by Gasteiger charge is 2.26. The smallest absolute Gasteiger partial charge is 0.0556 e. The number of hydrogen-bond acceptors (Lipinski definition) is 6. The Morgan fingerprint density at radius 3 is 0.283 bits per heavy atom. The highest BCUT2D eigenvalue weighted by molar-refractivity contribution is 7.89. The summed E-state index contributed by atoms with van der Waals surface area (Å²) >= 11 is 0. The number of hydrogen-bond donors (Lipinski definition) is 0. The molecule has 0 bridgehead atoms. The third-order valence-electron chi connectivity index (χ3n) is 26.2. The fourth-order valence-corrected chi connectivity index (χ4v) is 27.2. The number of unbranched alkanes of at least 4 members (excludes halogenated alkanes) is 72. The molecule has 6 atom stereocenters. The molecule has 0 saturated heterocycles. The first-order chi connectivity index (χ1) is 59.1. The molecule has 6 nitrogen and oxygen atoms in total. The number of benzene rings is 4. The van der Waals surface area contributed by atoms with Crippen molar-refractivity contribution >= 4 is 97.1 Å². The van der Waals surface area contributed by atoms with Crippen molar-refractivity contribution in [3.05, 3.63) is 36.4 Å². The van der Waals surface area contributed by atoms with E-state index in [4.69, 9.17) is 0 Å². The molecule has 0 radical (unpaired) electrons. The summed E-state index contributed by atoms with van der Waals surface area (Å²) in [6.45, 7) is 13.7. The fourth-order valence-electron chi connectivity index (χ4n) is 18.2. The van der Waals surface area contributed by atoms with E-state index in [1.165, 1.54) is 385 Å². The summed E-state index contributed by atoms with van der Waals surface area (Å²) in [6, 6.07) is 12.7. The third-order valence-corrected chi connectivity index (χ3v) is 35.5. The molecule has 4 aromatic carbocycles. The van der Waals surface area contributed by atoms with Gasteiger partial charge in [-0.15, -0.1) is 0 Å². The lowest BCUT2D eigenvalue weighted by Gasteiger charge is -2.20. The maximum absolute atomic E-state index is 15.6. The van der Waals surface area contributed by atoms with Crippen LogP contribution in [0.4, 0.5) is 0 Å². The molecular formula is C108H192O6S6. The molecule has 0 aromatic heterocycles. The van der Waals surface area contributed by atoms with Crippen LogP contribution < -0.4 is 0 Å². The first kappa shape index (κ1) is 111. The largest absolute Gasteiger partial charge is 0.254 e. The van der Waals surface area contributed by atoms with Crippen LogP contribution in [0.2, 0.25) is 0 Å². The SMILES string of the molecule is CCCCCCCCCCCCCCCS(=O)c1cc2c3cc(S(=O)CCCCCCCCCCCCCCC)c(S(=O)CCCCCCCCCCCCCCC)cc3c3cc(S(=O)CCCCCCCCCCCCCCC)c(S(=O)CCCCCCCCCCCCCCC)cc3c2cc1S(=O)CCCCCCCCCCCCCCC. The Morgan fingerprint density at radius 1 is 0.125 bits per heavy atom. The van der Waals surface area contributed by atoms with Gasteiger partial charge in [-0.3, -0.25) is 25.3 Å². The molecule has 4 rings (SSSR count). The van der Waals surface area contributed by atoms with Crippen molar-refractivity contribution < 1.29 is 25.3 Å². The molecule has 0 fully saturated rings. The minimum atomic E-state index is -1.46. The van der Waals surface area contributed by atoms with Gasteiger partial charge in [0, 0.05) is 34.5 Å². The second kappa shape index (κ2) is 78.6. The quantitative estimate of drug-likeness (QED) is 0.0322. The van der Waals surface area contributed by atoms with E-state index in [2.05, 4.69) is 77.9 Å². The molecule has 120 heavy (non-hydrogen) atoms. The Balaban J connectivity index is 1.88. The molecule has 0 aliphatic carbocycles. The van der Waals surface area contributed by atoms with Gasteiger partial charge in [-0.25, -0.2) is 0 Å². The highest BCUT2D eigenvalue weighted by Crippen LogP contribution is 2.43. The van der Waals surface area contributed by atoms with Crippen LogP contribution in [0.25, 0.3) is 32.3 Å². The first-order valence-electron chi connectivity index (χ1n) is 52.9. The van der Waals surface area contributed by atoms with Crippen molar-refractivity contribution in [1.29, 1.82) is 0 Å². The van der Waals surface area contributed by atoms with Crippen molar-refractivity contribution in [2.24, 2.45) is 0 Å². The maximum atomic E-state index is 15.6. The summed E-state index contributed by atoms with van der Waals surface area (Å²) in [5.74, 6) is 2.95. The molecule has 0 N–H and O–H groups in total. The van der Waals surface area contributed by atoms with Gasteiger partial charge in [-0.2, -0.15) is 0 Å². The molecule has 0 aliphatic rings. The summed E-state index contributed by atoms with van der Waals surface area (Å²) in [5.41, 5.74) is 0. The molecule has 0 aliphatic heterocycles. The van der Waals surface area contributed by atoms with E-state index >= 15 is 25.3 Å². The topological polar surface area (TPSA) is 102 Å². The van der Waals surface area contributed by atoms with Crippen LogP contribution in [-0.2, 0) is 64.8 Å². The van der Waals surface area contributed by atoms with Crippen LogP contribution in [0.3, 0.4) is 0 Å². The zero-order chi connectivity index (χ0) is 86.0. The molecule has 4 aromatic rings. The van der Waals surface area contributed by atoms with Crippen molar-refractivity contribution in [1.82, 2.24) is 0 Å². The number of rotatable bonds is 90. The molecule has 6 unspecified atom stereocenters. The average Bonchev–Trinajstić information content (AvgIpc) is 0.718. The van der Waals surface area contributed by atoms with Gasteiger partial charge >= 0.3 is 0 Å². The molecule has 12 heteroatoms. The number of fused-ring (bicyclic) bond motifs is 6. The van der Waals surface area contributed by atoms with E-state index in [1.54, 1.807) is 0 Å². The normalized spacial score (nSPS) is 13.6. The standard InChI is InChI=1S/C108H192O6S6/c1-7-13-19-25-31-37-43-49-55-61-67-73-79-85-115(109)103-91-97-98(92-104(103)116(110)86-80-74-68-62-56-50-44-38-32-26-20-14-8-2)100-94-106(118(112)88-82-76-70-64-58-52-46-40-34-28-22-16-10-4)108(120(114)90-84-78-72-66-60-54-48-42-36-30-24-18-12-6)96-102(100)101-95-107(119(113)89-83-77-71-65-59-53-47-41-35-29-23-17-11-5)105(93-99(97)101)117(111)87-81-75-69-63-57-51-45-39-33-27-21-15-9-3/h91-96H,7-90H2,1-6H3. The van der Waals surface area contributed by atoms with Crippen LogP contribution >= 0.6 is 0 Å². The van der Waals surface area contributed by atoms with Crippen molar-refractivity contribution in [2.75, 3.05) is 34.5 Å². The summed E-state index contributed by atoms with van der Waals surface area (Å²) in [6.07, 6.45) is 96.4. The van der Waals surface area contributed by atoms with Gasteiger partial charge in [0.1, 0.15) is 0 Å². The second-order valence-electron chi connectivity index (χ2n) is 37.3. The lowest BCUT2D eigenvalue weighted by Crippen LogP contribution is -2.09. The Morgan fingerprint density at radius 2 is 0.200 bits per heavy atom. The molecule has 0 spiro atoms. The Bertz CT molecular complexity index is 2690. The minimum absolute atomic E-state index is 0.491. The van der Waals surface area contributed by atoms with Gasteiger partial charge < -0.3 is 0 Å². The minimum Gasteiger partial charge on any atom is -0.254 e. The third kappa shape index (κ3) is 52.3. The van der Waals surface area contributed by atoms with Gasteiger partial charge in [0.25, 0.3) is 0 Å². The fraction of sp³-hybridized carbons (Fsp3) is 0.833. The predicted octanol–water partition coefficient (Wildman–Crippen LogP) is 36.3. The zero-order valence-corrected chi connectivity index (χ0v) is 84.7. The average molecular weight is 1780 g/mol. The van der Waals surface area contributed by atoms with Crippen molar-refractivity contribution in [3.63, 3.8) is 0 Å². The lowest BCUT2D eigenvalue weighted by atomic mass is 9.94. The zero-order valence-electron chi connectivity index (χ0n) is 79.8. The molecule has 0 amide bonds. The van der Waals surface area contributed by atoms with E-state index in [1.807, 2.05) is 0 Å². The van der Waals surface area contributed by atoms with Gasteiger partial charge in [0.2, 0.25) is 0 Å². The summed E-state index contributed by atoms with van der Waals surface area (Å²) in [5, 5.41) is 5.14. The molecule has 696 valence electrons. The molecule has 0 saturated carbocycles. The highest BCUT2D eigenvalue weighted by atomic mass is 32.2. The van der Waals surface area contributed by atoms with E-state index in [-0.39, 0.29) is 0 Å². The molecular weight excluding hydrogens is 1590 g/mol.